The first-order valence-corrected chi connectivity index (χ1v) is 8.67. The molecule has 1 saturated heterocycles. The summed E-state index contributed by atoms with van der Waals surface area (Å²) >= 11 is 0. The molecule has 3 nitrogen and oxygen atoms in total. The summed E-state index contributed by atoms with van der Waals surface area (Å²) in [6, 6.07) is 9.13. The number of rotatable bonds is 9. The van der Waals surface area contributed by atoms with Crippen molar-refractivity contribution in [2.45, 2.75) is 70.5 Å². The van der Waals surface area contributed by atoms with E-state index in [1.807, 2.05) is 18.2 Å². The van der Waals surface area contributed by atoms with Gasteiger partial charge in [-0.15, -0.1) is 0 Å². The van der Waals surface area contributed by atoms with Crippen molar-refractivity contribution >= 4 is 5.97 Å². The molecule has 0 spiro atoms. The van der Waals surface area contributed by atoms with Gasteiger partial charge in [-0.25, -0.2) is 4.79 Å². The van der Waals surface area contributed by atoms with Gasteiger partial charge < -0.3 is 9.47 Å². The molecule has 1 aliphatic heterocycles. The van der Waals surface area contributed by atoms with Crippen LogP contribution in [0.15, 0.2) is 30.3 Å². The minimum Gasteiger partial charge on any atom is -0.459 e. The quantitative estimate of drug-likeness (QED) is 0.488. The molecule has 1 aromatic rings. The van der Waals surface area contributed by atoms with Gasteiger partial charge in [-0.2, -0.15) is 0 Å². The van der Waals surface area contributed by atoms with Gasteiger partial charge in [0.1, 0.15) is 6.61 Å². The van der Waals surface area contributed by atoms with Crippen LogP contribution in [0.4, 0.5) is 0 Å². The molecule has 0 bridgehead atoms. The maximum Gasteiger partial charge on any atom is 0.338 e. The summed E-state index contributed by atoms with van der Waals surface area (Å²) in [7, 11) is 0. The van der Waals surface area contributed by atoms with Crippen molar-refractivity contribution in [3.63, 3.8) is 0 Å². The number of hydrogen-bond acceptors (Lipinski definition) is 3. The van der Waals surface area contributed by atoms with E-state index in [1.54, 1.807) is 12.1 Å². The number of carbonyl (C=O) groups excluding carboxylic acids is 1. The van der Waals surface area contributed by atoms with Crippen LogP contribution >= 0.6 is 0 Å². The largest absolute Gasteiger partial charge is 0.459 e. The molecule has 1 aliphatic rings. The molecule has 0 unspecified atom stereocenters. The standard InChI is InChI=1S/C19H28O3/c1-2-3-4-5-9-12-17-13-14-18(22-17)15-21-19(20)16-10-7-6-8-11-16/h6-8,10-11,17-18H,2-5,9,12-15H2,1H3/t17-,18-/m0/s1. The highest BCUT2D eigenvalue weighted by Gasteiger charge is 2.26. The molecule has 0 N–H and O–H groups in total. The average Bonchev–Trinajstić information content (AvgIpc) is 3.01. The Morgan fingerprint density at radius 2 is 1.82 bits per heavy atom. The SMILES string of the molecule is CCCCCCC[C@H]1CC[C@@H](COC(=O)c2ccccc2)O1. The molecule has 122 valence electrons. The van der Waals surface area contributed by atoms with Gasteiger partial charge in [0.2, 0.25) is 0 Å². The lowest BCUT2D eigenvalue weighted by molar-refractivity contribution is -0.0101. The third kappa shape index (κ3) is 5.80. The normalized spacial score (nSPS) is 21.0. The van der Waals surface area contributed by atoms with E-state index in [4.69, 9.17) is 9.47 Å². The molecule has 0 saturated carbocycles. The van der Waals surface area contributed by atoms with Crippen molar-refractivity contribution in [2.24, 2.45) is 0 Å². The number of ether oxygens (including phenoxy) is 2. The number of hydrogen-bond donors (Lipinski definition) is 0. The van der Waals surface area contributed by atoms with E-state index in [1.165, 1.54) is 32.1 Å². The van der Waals surface area contributed by atoms with Crippen LogP contribution in [-0.4, -0.2) is 24.8 Å². The number of esters is 1. The smallest absolute Gasteiger partial charge is 0.338 e. The molecule has 22 heavy (non-hydrogen) atoms. The van der Waals surface area contributed by atoms with Gasteiger partial charge in [0, 0.05) is 0 Å². The van der Waals surface area contributed by atoms with Crippen molar-refractivity contribution in [3.8, 4) is 0 Å². The summed E-state index contributed by atoms with van der Waals surface area (Å²) in [4.78, 5) is 11.9. The fourth-order valence-electron chi connectivity index (χ4n) is 2.92. The highest BCUT2D eigenvalue weighted by molar-refractivity contribution is 5.89. The minimum atomic E-state index is -0.257. The predicted octanol–water partition coefficient (Wildman–Crippen LogP) is 4.75. The summed E-state index contributed by atoms with van der Waals surface area (Å²) in [6.45, 7) is 2.61. The third-order valence-corrected chi connectivity index (χ3v) is 4.23. The molecule has 3 heteroatoms. The van der Waals surface area contributed by atoms with Crippen molar-refractivity contribution < 1.29 is 14.3 Å². The molecule has 0 amide bonds. The molecule has 1 aromatic carbocycles. The molecule has 0 aliphatic carbocycles. The van der Waals surface area contributed by atoms with Gasteiger partial charge in [0.15, 0.2) is 0 Å². The van der Waals surface area contributed by atoms with E-state index < -0.39 is 0 Å². The topological polar surface area (TPSA) is 35.5 Å². The van der Waals surface area contributed by atoms with Crippen molar-refractivity contribution in [1.82, 2.24) is 0 Å². The zero-order valence-corrected chi connectivity index (χ0v) is 13.6. The number of benzene rings is 1. The van der Waals surface area contributed by atoms with Crippen molar-refractivity contribution in [1.29, 1.82) is 0 Å². The van der Waals surface area contributed by atoms with Crippen LogP contribution in [0.5, 0.6) is 0 Å². The highest BCUT2D eigenvalue weighted by Crippen LogP contribution is 2.24. The van der Waals surface area contributed by atoms with E-state index in [-0.39, 0.29) is 12.1 Å². The summed E-state index contributed by atoms with van der Waals surface area (Å²) < 4.78 is 11.3. The van der Waals surface area contributed by atoms with Gasteiger partial charge in [-0.3, -0.25) is 0 Å². The molecule has 0 radical (unpaired) electrons. The zero-order valence-electron chi connectivity index (χ0n) is 13.6. The second-order valence-electron chi connectivity index (χ2n) is 6.12. The molecule has 1 heterocycles. The van der Waals surface area contributed by atoms with Gasteiger partial charge in [-0.1, -0.05) is 57.2 Å². The number of carbonyl (C=O) groups is 1. The second-order valence-corrected chi connectivity index (χ2v) is 6.12. The van der Waals surface area contributed by atoms with Crippen LogP contribution in [0, 0.1) is 0 Å². The van der Waals surface area contributed by atoms with Crippen LogP contribution in [0.25, 0.3) is 0 Å². The summed E-state index contributed by atoms with van der Waals surface area (Å²) in [5, 5.41) is 0. The van der Waals surface area contributed by atoms with Crippen molar-refractivity contribution in [2.75, 3.05) is 6.61 Å². The molecular formula is C19H28O3. The van der Waals surface area contributed by atoms with E-state index in [0.717, 1.165) is 19.3 Å². The first-order valence-electron chi connectivity index (χ1n) is 8.67. The van der Waals surface area contributed by atoms with Gasteiger partial charge in [-0.05, 0) is 31.4 Å². The fraction of sp³-hybridized carbons (Fsp3) is 0.632. The fourth-order valence-corrected chi connectivity index (χ4v) is 2.92. The van der Waals surface area contributed by atoms with Gasteiger partial charge in [0.25, 0.3) is 0 Å². The number of unbranched alkanes of at least 4 members (excludes halogenated alkanes) is 4. The Morgan fingerprint density at radius 1 is 1.09 bits per heavy atom. The van der Waals surface area contributed by atoms with E-state index in [2.05, 4.69) is 6.92 Å². The Bertz CT molecular complexity index is 430. The Balaban J connectivity index is 1.59. The minimum absolute atomic E-state index is 0.0771. The summed E-state index contributed by atoms with van der Waals surface area (Å²) in [5.74, 6) is -0.257. The van der Waals surface area contributed by atoms with Crippen LogP contribution in [0.3, 0.4) is 0 Å². The van der Waals surface area contributed by atoms with Crippen LogP contribution < -0.4 is 0 Å². The molecular weight excluding hydrogens is 276 g/mol. The van der Waals surface area contributed by atoms with E-state index in [9.17, 15) is 4.79 Å². The Hall–Kier alpha value is -1.35. The summed E-state index contributed by atoms with van der Waals surface area (Å²) in [5.41, 5.74) is 0.605. The molecule has 2 atom stereocenters. The van der Waals surface area contributed by atoms with Crippen molar-refractivity contribution in [3.05, 3.63) is 35.9 Å². The third-order valence-electron chi connectivity index (χ3n) is 4.23. The lowest BCUT2D eigenvalue weighted by atomic mass is 10.1. The second kappa shape index (κ2) is 9.62. The van der Waals surface area contributed by atoms with E-state index in [0.29, 0.717) is 18.3 Å². The Labute approximate surface area is 134 Å². The first-order chi connectivity index (χ1) is 10.8. The van der Waals surface area contributed by atoms with Gasteiger partial charge in [0.05, 0.1) is 17.8 Å². The lowest BCUT2D eigenvalue weighted by Crippen LogP contribution is -2.19. The molecule has 1 fully saturated rings. The summed E-state index contributed by atoms with van der Waals surface area (Å²) in [6.07, 6.45) is 10.2. The molecule has 0 aromatic heterocycles. The van der Waals surface area contributed by atoms with Gasteiger partial charge >= 0.3 is 5.97 Å². The Morgan fingerprint density at radius 3 is 2.59 bits per heavy atom. The zero-order chi connectivity index (χ0) is 15.6. The lowest BCUT2D eigenvalue weighted by Gasteiger charge is -2.14. The predicted molar refractivity (Wildman–Crippen MR) is 88.0 cm³/mol. The maximum absolute atomic E-state index is 11.9. The average molecular weight is 304 g/mol. The highest BCUT2D eigenvalue weighted by atomic mass is 16.6. The van der Waals surface area contributed by atoms with E-state index >= 15 is 0 Å². The molecule has 2 rings (SSSR count). The van der Waals surface area contributed by atoms with Crippen LogP contribution in [0.2, 0.25) is 0 Å². The monoisotopic (exact) mass is 304 g/mol. The van der Waals surface area contributed by atoms with Crippen LogP contribution in [0.1, 0.15) is 68.6 Å². The maximum atomic E-state index is 11.9. The first kappa shape index (κ1) is 17.0. The Kier molecular flexibility index (Phi) is 7.44. The van der Waals surface area contributed by atoms with Crippen LogP contribution in [-0.2, 0) is 9.47 Å².